The Morgan fingerprint density at radius 1 is 1.35 bits per heavy atom. The summed E-state index contributed by atoms with van der Waals surface area (Å²) in [6.07, 6.45) is 2.68. The molecule has 0 radical (unpaired) electrons. The van der Waals surface area contributed by atoms with Gasteiger partial charge in [-0.1, -0.05) is 0 Å². The quantitative estimate of drug-likeness (QED) is 0.805. The highest BCUT2D eigenvalue weighted by atomic mass is 32.2. The zero-order valence-corrected chi connectivity index (χ0v) is 11.7. The third-order valence-electron chi connectivity index (χ3n) is 3.87. The van der Waals surface area contributed by atoms with Crippen molar-refractivity contribution >= 4 is 21.7 Å². The Kier molecular flexibility index (Phi) is 3.14. The van der Waals surface area contributed by atoms with Crippen LogP contribution in [0.3, 0.4) is 0 Å². The number of hydrogen-bond donors (Lipinski definition) is 1. The molecule has 8 heteroatoms. The molecule has 2 N–H and O–H groups in total. The minimum atomic E-state index is -3.64. The number of fused-ring (bicyclic) bond motifs is 1. The fourth-order valence-electron chi connectivity index (χ4n) is 2.81. The SMILES string of the molecule is Nc1ncccc1S(=O)(=O)N1CCN2C(=O)CCC2C1. The fourth-order valence-corrected chi connectivity index (χ4v) is 4.35. The van der Waals surface area contributed by atoms with Gasteiger partial charge in [0.1, 0.15) is 10.7 Å². The van der Waals surface area contributed by atoms with Gasteiger partial charge in [0.25, 0.3) is 0 Å². The summed E-state index contributed by atoms with van der Waals surface area (Å²) in [6.45, 7) is 1.09. The molecule has 2 saturated heterocycles. The lowest BCUT2D eigenvalue weighted by molar-refractivity contribution is -0.130. The number of nitrogens with two attached hydrogens (primary N) is 1. The molecule has 1 aromatic heterocycles. The van der Waals surface area contributed by atoms with Crippen molar-refractivity contribution in [2.75, 3.05) is 25.4 Å². The zero-order chi connectivity index (χ0) is 14.3. The lowest BCUT2D eigenvalue weighted by Crippen LogP contribution is -2.53. The number of rotatable bonds is 2. The predicted octanol–water partition coefficient (Wildman–Crippen LogP) is -0.341. The molecule has 3 heterocycles. The van der Waals surface area contributed by atoms with Gasteiger partial charge >= 0.3 is 0 Å². The summed E-state index contributed by atoms with van der Waals surface area (Å²) in [4.78, 5) is 17.3. The van der Waals surface area contributed by atoms with Crippen molar-refractivity contribution in [2.24, 2.45) is 0 Å². The second kappa shape index (κ2) is 4.71. The molecule has 1 unspecified atom stereocenters. The van der Waals surface area contributed by atoms with E-state index in [1.165, 1.54) is 16.6 Å². The van der Waals surface area contributed by atoms with E-state index in [-0.39, 0.29) is 22.7 Å². The topological polar surface area (TPSA) is 96.6 Å². The highest BCUT2D eigenvalue weighted by molar-refractivity contribution is 7.89. The molecule has 0 spiro atoms. The third kappa shape index (κ3) is 2.04. The van der Waals surface area contributed by atoms with E-state index in [4.69, 9.17) is 5.73 Å². The molecule has 1 aromatic rings. The van der Waals surface area contributed by atoms with Gasteiger partial charge in [0.15, 0.2) is 0 Å². The first-order valence-corrected chi connectivity index (χ1v) is 7.94. The number of carbonyl (C=O) groups is 1. The van der Waals surface area contributed by atoms with Crippen LogP contribution in [-0.2, 0) is 14.8 Å². The normalized spacial score (nSPS) is 23.9. The van der Waals surface area contributed by atoms with Gasteiger partial charge in [0.2, 0.25) is 15.9 Å². The number of carbonyl (C=O) groups excluding carboxylic acids is 1. The number of sulfonamides is 1. The van der Waals surface area contributed by atoms with Crippen molar-refractivity contribution in [1.82, 2.24) is 14.2 Å². The Morgan fingerprint density at radius 3 is 2.90 bits per heavy atom. The summed E-state index contributed by atoms with van der Waals surface area (Å²) < 4.78 is 26.6. The van der Waals surface area contributed by atoms with Crippen LogP contribution in [0.15, 0.2) is 23.2 Å². The van der Waals surface area contributed by atoms with Gasteiger partial charge in [-0.25, -0.2) is 13.4 Å². The second-order valence-electron chi connectivity index (χ2n) is 5.03. The number of hydrogen-bond acceptors (Lipinski definition) is 5. The van der Waals surface area contributed by atoms with Crippen LogP contribution < -0.4 is 5.73 Å². The summed E-state index contributed by atoms with van der Waals surface area (Å²) in [5, 5.41) is 0. The Balaban J connectivity index is 1.87. The molecular formula is C12H16N4O3S. The molecule has 108 valence electrons. The molecule has 0 saturated carbocycles. The molecule has 1 amide bonds. The average Bonchev–Trinajstić information content (AvgIpc) is 2.80. The average molecular weight is 296 g/mol. The molecule has 20 heavy (non-hydrogen) atoms. The van der Waals surface area contributed by atoms with Crippen LogP contribution >= 0.6 is 0 Å². The van der Waals surface area contributed by atoms with E-state index < -0.39 is 10.0 Å². The molecule has 0 aliphatic carbocycles. The highest BCUT2D eigenvalue weighted by Gasteiger charge is 2.40. The molecule has 2 fully saturated rings. The maximum Gasteiger partial charge on any atom is 0.246 e. The molecule has 0 aromatic carbocycles. The first kappa shape index (κ1) is 13.3. The number of aromatic nitrogens is 1. The standard InChI is InChI=1S/C12H16N4O3S/c13-12-10(2-1-5-14-12)20(18,19)15-6-7-16-9(8-15)3-4-11(16)17/h1-2,5,9H,3-4,6-8H2,(H2,13,14). The van der Waals surface area contributed by atoms with E-state index in [9.17, 15) is 13.2 Å². The van der Waals surface area contributed by atoms with Gasteiger partial charge in [0, 0.05) is 38.3 Å². The largest absolute Gasteiger partial charge is 0.383 e. The molecule has 3 rings (SSSR count). The van der Waals surface area contributed by atoms with Gasteiger partial charge in [-0.05, 0) is 18.6 Å². The Labute approximate surface area is 117 Å². The smallest absolute Gasteiger partial charge is 0.246 e. The van der Waals surface area contributed by atoms with E-state index in [1.807, 2.05) is 0 Å². The van der Waals surface area contributed by atoms with Crippen LogP contribution in [0.4, 0.5) is 5.82 Å². The van der Waals surface area contributed by atoms with Crippen molar-refractivity contribution < 1.29 is 13.2 Å². The van der Waals surface area contributed by atoms with Crippen LogP contribution in [0.2, 0.25) is 0 Å². The minimum absolute atomic E-state index is 0.0103. The second-order valence-corrected chi connectivity index (χ2v) is 6.94. The summed E-state index contributed by atoms with van der Waals surface area (Å²) in [6, 6.07) is 3.01. The van der Waals surface area contributed by atoms with E-state index in [1.54, 1.807) is 11.0 Å². The minimum Gasteiger partial charge on any atom is -0.383 e. The number of pyridine rings is 1. The van der Waals surface area contributed by atoms with E-state index in [0.717, 1.165) is 0 Å². The summed E-state index contributed by atoms with van der Waals surface area (Å²) in [7, 11) is -3.64. The van der Waals surface area contributed by atoms with Gasteiger partial charge in [-0.3, -0.25) is 4.79 Å². The van der Waals surface area contributed by atoms with E-state index in [0.29, 0.717) is 32.5 Å². The van der Waals surface area contributed by atoms with Gasteiger partial charge in [0.05, 0.1) is 0 Å². The van der Waals surface area contributed by atoms with Crippen LogP contribution in [0.5, 0.6) is 0 Å². The van der Waals surface area contributed by atoms with E-state index >= 15 is 0 Å². The number of anilines is 1. The van der Waals surface area contributed by atoms with Crippen molar-refractivity contribution in [3.8, 4) is 0 Å². The van der Waals surface area contributed by atoms with Crippen molar-refractivity contribution in [2.45, 2.75) is 23.8 Å². The van der Waals surface area contributed by atoms with Gasteiger partial charge < -0.3 is 10.6 Å². The first-order valence-electron chi connectivity index (χ1n) is 6.50. The number of nitrogens with zero attached hydrogens (tertiary/aromatic N) is 3. The van der Waals surface area contributed by atoms with Crippen LogP contribution in [0.25, 0.3) is 0 Å². The van der Waals surface area contributed by atoms with Crippen molar-refractivity contribution in [3.05, 3.63) is 18.3 Å². The summed E-state index contributed by atoms with van der Waals surface area (Å²) in [5.41, 5.74) is 5.66. The van der Waals surface area contributed by atoms with Crippen LogP contribution in [0, 0.1) is 0 Å². The zero-order valence-electron chi connectivity index (χ0n) is 10.9. The molecule has 1 atom stereocenters. The van der Waals surface area contributed by atoms with Crippen LogP contribution in [0.1, 0.15) is 12.8 Å². The molecule has 7 nitrogen and oxygen atoms in total. The fraction of sp³-hybridized carbons (Fsp3) is 0.500. The molecule has 0 bridgehead atoms. The summed E-state index contributed by atoms with van der Waals surface area (Å²) in [5.74, 6) is 0.130. The number of piperazine rings is 1. The summed E-state index contributed by atoms with van der Waals surface area (Å²) >= 11 is 0. The maximum absolute atomic E-state index is 12.6. The predicted molar refractivity (Wildman–Crippen MR) is 72.1 cm³/mol. The number of amides is 1. The molecular weight excluding hydrogens is 280 g/mol. The van der Waals surface area contributed by atoms with Gasteiger partial charge in [-0.2, -0.15) is 4.31 Å². The maximum atomic E-state index is 12.6. The van der Waals surface area contributed by atoms with Crippen LogP contribution in [-0.4, -0.2) is 54.2 Å². The highest BCUT2D eigenvalue weighted by Crippen LogP contribution is 2.27. The Hall–Kier alpha value is -1.67. The Bertz CT molecular complexity index is 646. The number of nitrogen functional groups attached to an aromatic ring is 1. The molecule has 2 aliphatic heterocycles. The van der Waals surface area contributed by atoms with Crippen molar-refractivity contribution in [1.29, 1.82) is 0 Å². The third-order valence-corrected chi connectivity index (χ3v) is 5.79. The monoisotopic (exact) mass is 296 g/mol. The van der Waals surface area contributed by atoms with Crippen molar-refractivity contribution in [3.63, 3.8) is 0 Å². The van der Waals surface area contributed by atoms with E-state index in [2.05, 4.69) is 4.98 Å². The molecule has 2 aliphatic rings. The lowest BCUT2D eigenvalue weighted by atomic mass is 10.2. The van der Waals surface area contributed by atoms with Gasteiger partial charge in [-0.15, -0.1) is 0 Å². The first-order chi connectivity index (χ1) is 9.50. The lowest BCUT2D eigenvalue weighted by Gasteiger charge is -2.36. The Morgan fingerprint density at radius 2 is 2.15 bits per heavy atom.